The van der Waals surface area contributed by atoms with E-state index >= 15 is 0 Å². The summed E-state index contributed by atoms with van der Waals surface area (Å²) in [5.41, 5.74) is 2.94. The molecular formula is C18H20N4OS. The lowest BCUT2D eigenvalue weighted by molar-refractivity contribution is -0.117. The Kier molecular flexibility index (Phi) is 3.92. The minimum atomic E-state index is -0.184. The number of fused-ring (bicyclic) bond motifs is 1. The number of carbonyl (C=O) groups is 1. The molecule has 5 nitrogen and oxygen atoms in total. The molecule has 0 amide bonds. The molecule has 6 heteroatoms. The molecule has 0 radical (unpaired) electrons. The van der Waals surface area contributed by atoms with Crippen LogP contribution in [-0.2, 0) is 4.79 Å². The zero-order valence-corrected chi connectivity index (χ0v) is 14.6. The third kappa shape index (κ3) is 2.55. The first kappa shape index (κ1) is 15.4. The molecule has 2 heterocycles. The fourth-order valence-electron chi connectivity index (χ4n) is 3.52. The van der Waals surface area contributed by atoms with Crippen LogP contribution in [0.25, 0.3) is 0 Å². The Bertz CT molecular complexity index is 812. The van der Waals surface area contributed by atoms with Gasteiger partial charge in [-0.2, -0.15) is 4.98 Å². The topological polar surface area (TPSA) is 59.8 Å². The fourth-order valence-corrected chi connectivity index (χ4v) is 4.08. The molecule has 0 saturated heterocycles. The van der Waals surface area contributed by atoms with Crippen molar-refractivity contribution in [3.8, 4) is 0 Å². The number of Topliss-reactive ketones (excluding diaryl/α,β-unsaturated/α-hetero) is 1. The average Bonchev–Trinajstić information content (AvgIpc) is 2.95. The van der Waals surface area contributed by atoms with Crippen LogP contribution in [-0.4, -0.2) is 26.3 Å². The molecule has 2 aliphatic rings. The second-order valence-electron chi connectivity index (χ2n) is 6.36. The molecule has 1 aromatic heterocycles. The van der Waals surface area contributed by atoms with Crippen LogP contribution in [0, 0.1) is 5.92 Å². The summed E-state index contributed by atoms with van der Waals surface area (Å²) in [6, 6.07) is 9.94. The van der Waals surface area contributed by atoms with Crippen molar-refractivity contribution in [3.05, 3.63) is 47.2 Å². The number of aromatic nitrogens is 3. The first-order valence-electron chi connectivity index (χ1n) is 8.35. The van der Waals surface area contributed by atoms with E-state index in [4.69, 9.17) is 0 Å². The highest BCUT2D eigenvalue weighted by Gasteiger charge is 2.38. The van der Waals surface area contributed by atoms with Crippen LogP contribution in [0.1, 0.15) is 38.3 Å². The number of anilines is 1. The van der Waals surface area contributed by atoms with Gasteiger partial charge in [0, 0.05) is 17.7 Å². The lowest BCUT2D eigenvalue weighted by Crippen LogP contribution is -2.33. The zero-order valence-electron chi connectivity index (χ0n) is 13.8. The van der Waals surface area contributed by atoms with Crippen molar-refractivity contribution in [2.24, 2.45) is 5.92 Å². The number of rotatable bonds is 3. The molecule has 2 atom stereocenters. The van der Waals surface area contributed by atoms with Gasteiger partial charge in [0.2, 0.25) is 11.1 Å². The molecule has 1 aliphatic heterocycles. The smallest absolute Gasteiger partial charge is 0.227 e. The summed E-state index contributed by atoms with van der Waals surface area (Å²) < 4.78 is 1.88. The molecule has 1 aliphatic carbocycles. The van der Waals surface area contributed by atoms with Gasteiger partial charge in [0.25, 0.3) is 0 Å². The van der Waals surface area contributed by atoms with Crippen molar-refractivity contribution in [2.45, 2.75) is 37.9 Å². The Balaban J connectivity index is 1.87. The number of benzene rings is 1. The molecule has 1 aromatic carbocycles. The van der Waals surface area contributed by atoms with Crippen molar-refractivity contribution in [2.75, 3.05) is 11.1 Å². The Labute approximate surface area is 145 Å². The van der Waals surface area contributed by atoms with Crippen molar-refractivity contribution < 1.29 is 4.79 Å². The van der Waals surface area contributed by atoms with Crippen LogP contribution in [0.2, 0.25) is 0 Å². The number of thioether (sulfide) groups is 1. The van der Waals surface area contributed by atoms with E-state index in [1.54, 1.807) is 11.8 Å². The fraction of sp³-hybridized carbons (Fsp3) is 0.389. The molecule has 0 bridgehead atoms. The van der Waals surface area contributed by atoms with Gasteiger partial charge in [0.15, 0.2) is 5.78 Å². The van der Waals surface area contributed by atoms with Gasteiger partial charge in [0.05, 0.1) is 0 Å². The summed E-state index contributed by atoms with van der Waals surface area (Å²) in [5.74, 6) is 2.23. The summed E-state index contributed by atoms with van der Waals surface area (Å²) >= 11 is 1.61. The third-order valence-electron chi connectivity index (χ3n) is 4.49. The Morgan fingerprint density at radius 2 is 2.08 bits per heavy atom. The molecule has 124 valence electrons. The zero-order chi connectivity index (χ0) is 16.7. The summed E-state index contributed by atoms with van der Waals surface area (Å²) in [4.78, 5) is 17.4. The summed E-state index contributed by atoms with van der Waals surface area (Å²) in [7, 11) is 0. The minimum absolute atomic E-state index is 0.184. The maximum atomic E-state index is 12.8. The van der Waals surface area contributed by atoms with Gasteiger partial charge in [-0.15, -0.1) is 5.10 Å². The van der Waals surface area contributed by atoms with Crippen LogP contribution in [0.5, 0.6) is 0 Å². The lowest BCUT2D eigenvalue weighted by Gasteiger charge is -2.34. The van der Waals surface area contributed by atoms with E-state index in [9.17, 15) is 4.79 Å². The number of ketones is 1. The molecule has 4 rings (SSSR count). The normalized spacial score (nSPS) is 22.8. The summed E-state index contributed by atoms with van der Waals surface area (Å²) in [6.07, 6.45) is 1.48. The minimum Gasteiger partial charge on any atom is -0.328 e. The van der Waals surface area contributed by atoms with Gasteiger partial charge in [-0.1, -0.05) is 55.9 Å². The standard InChI is InChI=1S/C18H20N4OS/c1-3-24-18-20-17-19-13-9-11(2)10-14(23)15(13)16(22(17)21-18)12-7-5-4-6-8-12/h4-8,11,16H,3,9-10H2,1-2H3,(H,19,20,21)/t11-,16-/m0/s1. The molecule has 0 spiro atoms. The predicted molar refractivity (Wildman–Crippen MR) is 95.1 cm³/mol. The maximum absolute atomic E-state index is 12.8. The second-order valence-corrected chi connectivity index (χ2v) is 7.59. The maximum Gasteiger partial charge on any atom is 0.227 e. The summed E-state index contributed by atoms with van der Waals surface area (Å²) in [6.45, 7) is 4.21. The SMILES string of the molecule is CCSc1nc2n(n1)[C@@H](c1ccccc1)C1=C(C[C@H](C)CC1=O)N2. The number of allylic oxidation sites excluding steroid dienone is 2. The molecule has 24 heavy (non-hydrogen) atoms. The van der Waals surface area contributed by atoms with E-state index < -0.39 is 0 Å². The van der Waals surface area contributed by atoms with E-state index in [1.807, 2.05) is 22.9 Å². The third-order valence-corrected chi connectivity index (χ3v) is 5.21. The number of hydrogen-bond acceptors (Lipinski definition) is 5. The first-order valence-corrected chi connectivity index (χ1v) is 9.33. The van der Waals surface area contributed by atoms with Gasteiger partial charge in [-0.25, -0.2) is 4.68 Å². The molecular weight excluding hydrogens is 320 g/mol. The lowest BCUT2D eigenvalue weighted by atomic mass is 9.81. The van der Waals surface area contributed by atoms with Crippen LogP contribution in [0.4, 0.5) is 5.95 Å². The molecule has 1 N–H and O–H groups in total. The van der Waals surface area contributed by atoms with Gasteiger partial charge in [-0.05, 0) is 23.7 Å². The number of carbonyl (C=O) groups excluding carboxylic acids is 1. The highest BCUT2D eigenvalue weighted by molar-refractivity contribution is 7.99. The predicted octanol–water partition coefficient (Wildman–Crippen LogP) is 3.66. The highest BCUT2D eigenvalue weighted by atomic mass is 32.2. The van der Waals surface area contributed by atoms with Gasteiger partial charge in [0.1, 0.15) is 6.04 Å². The van der Waals surface area contributed by atoms with Crippen molar-refractivity contribution in [3.63, 3.8) is 0 Å². The quantitative estimate of drug-likeness (QED) is 0.864. The highest BCUT2D eigenvalue weighted by Crippen LogP contribution is 2.41. The average molecular weight is 340 g/mol. The molecule has 0 fully saturated rings. The number of hydrogen-bond donors (Lipinski definition) is 1. The van der Waals surface area contributed by atoms with E-state index in [-0.39, 0.29) is 11.8 Å². The largest absolute Gasteiger partial charge is 0.328 e. The Morgan fingerprint density at radius 1 is 1.29 bits per heavy atom. The van der Waals surface area contributed by atoms with E-state index in [0.717, 1.165) is 40.1 Å². The van der Waals surface area contributed by atoms with Gasteiger partial charge < -0.3 is 5.32 Å². The van der Waals surface area contributed by atoms with Gasteiger partial charge in [-0.3, -0.25) is 4.79 Å². The van der Waals surface area contributed by atoms with E-state index in [2.05, 4.69) is 41.4 Å². The van der Waals surface area contributed by atoms with Crippen molar-refractivity contribution in [1.29, 1.82) is 0 Å². The molecule has 2 aromatic rings. The Morgan fingerprint density at radius 3 is 2.83 bits per heavy atom. The van der Waals surface area contributed by atoms with Gasteiger partial charge >= 0.3 is 0 Å². The summed E-state index contributed by atoms with van der Waals surface area (Å²) in [5, 5.41) is 8.79. The van der Waals surface area contributed by atoms with Crippen molar-refractivity contribution >= 4 is 23.5 Å². The Hall–Kier alpha value is -2.08. The van der Waals surface area contributed by atoms with E-state index in [1.165, 1.54) is 0 Å². The second kappa shape index (κ2) is 6.09. The first-order chi connectivity index (χ1) is 11.7. The van der Waals surface area contributed by atoms with Crippen LogP contribution in [0.15, 0.2) is 46.8 Å². The van der Waals surface area contributed by atoms with Crippen molar-refractivity contribution in [1.82, 2.24) is 14.8 Å². The van der Waals surface area contributed by atoms with Crippen LogP contribution >= 0.6 is 11.8 Å². The van der Waals surface area contributed by atoms with E-state index in [0.29, 0.717) is 12.3 Å². The molecule has 0 saturated carbocycles. The van der Waals surface area contributed by atoms with Crippen LogP contribution in [0.3, 0.4) is 0 Å². The number of nitrogens with one attached hydrogen (secondary N) is 1. The molecule has 0 unspecified atom stereocenters. The van der Waals surface area contributed by atoms with Crippen LogP contribution < -0.4 is 5.32 Å². The number of nitrogens with zero attached hydrogens (tertiary/aromatic N) is 3. The monoisotopic (exact) mass is 340 g/mol.